The Bertz CT molecular complexity index is 399. The molecular formula is C12H13BrO3. The van der Waals surface area contributed by atoms with Crippen LogP contribution < -0.4 is 4.74 Å². The number of benzene rings is 1. The summed E-state index contributed by atoms with van der Waals surface area (Å²) in [6, 6.07) is 5.52. The third kappa shape index (κ3) is 3.70. The lowest BCUT2D eigenvalue weighted by Crippen LogP contribution is -1.98. The van der Waals surface area contributed by atoms with Crippen molar-refractivity contribution in [1.29, 1.82) is 0 Å². The molecule has 0 aliphatic heterocycles. The van der Waals surface area contributed by atoms with Crippen molar-refractivity contribution in [2.45, 2.75) is 13.3 Å². The topological polar surface area (TPSA) is 46.5 Å². The predicted octanol–water partition coefficient (Wildman–Crippen LogP) is 3.34. The van der Waals surface area contributed by atoms with Crippen molar-refractivity contribution in [3.05, 3.63) is 34.3 Å². The van der Waals surface area contributed by atoms with Crippen LogP contribution in [0.4, 0.5) is 0 Å². The number of halogens is 1. The minimum absolute atomic E-state index is 0.608. The zero-order valence-electron chi connectivity index (χ0n) is 8.94. The van der Waals surface area contributed by atoms with Gasteiger partial charge >= 0.3 is 5.97 Å². The van der Waals surface area contributed by atoms with Crippen LogP contribution in [0.5, 0.6) is 5.75 Å². The van der Waals surface area contributed by atoms with Gasteiger partial charge in [-0.3, -0.25) is 0 Å². The van der Waals surface area contributed by atoms with Gasteiger partial charge in [0.25, 0.3) is 0 Å². The molecule has 0 spiro atoms. The van der Waals surface area contributed by atoms with Crippen molar-refractivity contribution in [3.63, 3.8) is 0 Å². The Morgan fingerprint density at radius 2 is 2.31 bits per heavy atom. The second-order valence-electron chi connectivity index (χ2n) is 3.18. The maximum Gasteiger partial charge on any atom is 0.328 e. The van der Waals surface area contributed by atoms with Crippen LogP contribution in [0.1, 0.15) is 18.9 Å². The van der Waals surface area contributed by atoms with E-state index in [4.69, 9.17) is 9.84 Å². The van der Waals surface area contributed by atoms with Crippen LogP contribution in [0.3, 0.4) is 0 Å². The molecule has 1 aromatic carbocycles. The van der Waals surface area contributed by atoms with Gasteiger partial charge in [0.05, 0.1) is 11.1 Å². The SMILES string of the molecule is CCCOc1c(Br)cccc1/C=C/C(=O)O. The molecule has 0 aromatic heterocycles. The Hall–Kier alpha value is -1.29. The van der Waals surface area contributed by atoms with E-state index in [0.29, 0.717) is 12.4 Å². The summed E-state index contributed by atoms with van der Waals surface area (Å²) in [6.07, 6.45) is 3.53. The van der Waals surface area contributed by atoms with Crippen molar-refractivity contribution >= 4 is 28.0 Å². The molecule has 0 saturated carbocycles. The number of carboxylic acids is 1. The van der Waals surface area contributed by atoms with E-state index in [1.165, 1.54) is 6.08 Å². The highest BCUT2D eigenvalue weighted by Crippen LogP contribution is 2.30. The van der Waals surface area contributed by atoms with Gasteiger partial charge in [0, 0.05) is 11.6 Å². The van der Waals surface area contributed by atoms with Gasteiger partial charge in [0.15, 0.2) is 0 Å². The fourth-order valence-corrected chi connectivity index (χ4v) is 1.67. The number of carbonyl (C=O) groups is 1. The van der Waals surface area contributed by atoms with E-state index in [-0.39, 0.29) is 0 Å². The molecule has 3 nitrogen and oxygen atoms in total. The lowest BCUT2D eigenvalue weighted by molar-refractivity contribution is -0.131. The maximum atomic E-state index is 10.4. The minimum Gasteiger partial charge on any atom is -0.492 e. The Balaban J connectivity index is 2.97. The molecule has 4 heteroatoms. The average Bonchev–Trinajstić information content (AvgIpc) is 2.25. The molecule has 1 rings (SSSR count). The lowest BCUT2D eigenvalue weighted by atomic mass is 10.2. The summed E-state index contributed by atoms with van der Waals surface area (Å²) >= 11 is 3.38. The number of rotatable bonds is 5. The van der Waals surface area contributed by atoms with Gasteiger partial charge in [0.1, 0.15) is 5.75 Å². The quantitative estimate of drug-likeness (QED) is 0.844. The summed E-state index contributed by atoms with van der Waals surface area (Å²) in [4.78, 5) is 10.4. The van der Waals surface area contributed by atoms with Crippen molar-refractivity contribution in [1.82, 2.24) is 0 Å². The Kier molecular flexibility index (Phi) is 5.05. The zero-order valence-corrected chi connectivity index (χ0v) is 10.5. The summed E-state index contributed by atoms with van der Waals surface area (Å²) < 4.78 is 6.39. The highest BCUT2D eigenvalue weighted by molar-refractivity contribution is 9.10. The number of aliphatic carboxylic acids is 1. The van der Waals surface area contributed by atoms with Crippen molar-refractivity contribution in [3.8, 4) is 5.75 Å². The van der Waals surface area contributed by atoms with E-state index in [2.05, 4.69) is 15.9 Å². The highest BCUT2D eigenvalue weighted by atomic mass is 79.9. The Morgan fingerprint density at radius 1 is 1.56 bits per heavy atom. The van der Waals surface area contributed by atoms with Crippen LogP contribution in [0.15, 0.2) is 28.7 Å². The number of para-hydroxylation sites is 1. The van der Waals surface area contributed by atoms with Gasteiger partial charge in [-0.2, -0.15) is 0 Å². The van der Waals surface area contributed by atoms with Gasteiger partial charge in [0.2, 0.25) is 0 Å². The second kappa shape index (κ2) is 6.33. The summed E-state index contributed by atoms with van der Waals surface area (Å²) in [5, 5.41) is 8.57. The van der Waals surface area contributed by atoms with E-state index in [1.54, 1.807) is 0 Å². The Morgan fingerprint density at radius 3 is 2.94 bits per heavy atom. The van der Waals surface area contributed by atoms with Gasteiger partial charge < -0.3 is 9.84 Å². The molecule has 0 amide bonds. The molecular weight excluding hydrogens is 272 g/mol. The third-order valence-corrected chi connectivity index (χ3v) is 2.48. The molecule has 0 atom stereocenters. The van der Waals surface area contributed by atoms with Crippen molar-refractivity contribution < 1.29 is 14.6 Å². The zero-order chi connectivity index (χ0) is 12.0. The predicted molar refractivity (Wildman–Crippen MR) is 66.6 cm³/mol. The molecule has 1 aromatic rings. The van der Waals surface area contributed by atoms with Gasteiger partial charge in [-0.25, -0.2) is 4.79 Å². The third-order valence-electron chi connectivity index (χ3n) is 1.85. The van der Waals surface area contributed by atoms with Crippen LogP contribution in [0, 0.1) is 0 Å². The van der Waals surface area contributed by atoms with E-state index in [9.17, 15) is 4.79 Å². The summed E-state index contributed by atoms with van der Waals surface area (Å²) in [5.74, 6) is -0.289. The van der Waals surface area contributed by atoms with E-state index in [0.717, 1.165) is 22.5 Å². The standard InChI is InChI=1S/C12H13BrO3/c1-2-8-16-12-9(6-7-11(14)15)4-3-5-10(12)13/h3-7H,2,8H2,1H3,(H,14,15)/b7-6+. The van der Waals surface area contributed by atoms with Crippen molar-refractivity contribution in [2.75, 3.05) is 6.61 Å². The number of hydrogen-bond acceptors (Lipinski definition) is 2. The molecule has 16 heavy (non-hydrogen) atoms. The molecule has 1 N–H and O–H groups in total. The van der Waals surface area contributed by atoms with Crippen LogP contribution in [-0.4, -0.2) is 17.7 Å². The number of ether oxygens (including phenoxy) is 1. The van der Waals surface area contributed by atoms with Crippen LogP contribution in [0.25, 0.3) is 6.08 Å². The molecule has 0 fully saturated rings. The first kappa shape index (κ1) is 12.8. The summed E-state index contributed by atoms with van der Waals surface area (Å²) in [6.45, 7) is 2.63. The molecule has 0 unspecified atom stereocenters. The Labute approximate surface area is 103 Å². The molecule has 0 aliphatic carbocycles. The lowest BCUT2D eigenvalue weighted by Gasteiger charge is -2.09. The summed E-state index contributed by atoms with van der Waals surface area (Å²) in [5.41, 5.74) is 0.755. The molecule has 0 heterocycles. The molecule has 86 valence electrons. The fourth-order valence-electron chi connectivity index (χ4n) is 1.17. The fraction of sp³-hybridized carbons (Fsp3) is 0.250. The minimum atomic E-state index is -0.971. The maximum absolute atomic E-state index is 10.4. The van der Waals surface area contributed by atoms with Gasteiger partial charge in [-0.15, -0.1) is 0 Å². The smallest absolute Gasteiger partial charge is 0.328 e. The van der Waals surface area contributed by atoms with E-state index >= 15 is 0 Å². The number of hydrogen-bond donors (Lipinski definition) is 1. The van der Waals surface area contributed by atoms with E-state index < -0.39 is 5.97 Å². The first-order chi connectivity index (χ1) is 7.65. The monoisotopic (exact) mass is 284 g/mol. The van der Waals surface area contributed by atoms with Crippen LogP contribution >= 0.6 is 15.9 Å². The molecule has 0 aliphatic rings. The number of carboxylic acid groups (broad SMARTS) is 1. The first-order valence-electron chi connectivity index (χ1n) is 4.97. The summed E-state index contributed by atoms with van der Waals surface area (Å²) in [7, 11) is 0. The molecule has 0 radical (unpaired) electrons. The molecule has 0 bridgehead atoms. The van der Waals surface area contributed by atoms with Gasteiger partial charge in [-0.1, -0.05) is 19.1 Å². The largest absolute Gasteiger partial charge is 0.492 e. The van der Waals surface area contributed by atoms with Crippen LogP contribution in [-0.2, 0) is 4.79 Å². The van der Waals surface area contributed by atoms with Crippen LogP contribution in [0.2, 0.25) is 0 Å². The first-order valence-corrected chi connectivity index (χ1v) is 5.76. The normalized spacial score (nSPS) is 10.6. The average molecular weight is 285 g/mol. The highest BCUT2D eigenvalue weighted by Gasteiger charge is 2.05. The van der Waals surface area contributed by atoms with Gasteiger partial charge in [-0.05, 0) is 34.5 Å². The second-order valence-corrected chi connectivity index (χ2v) is 4.03. The molecule has 0 saturated heterocycles. The van der Waals surface area contributed by atoms with E-state index in [1.807, 2.05) is 25.1 Å². The van der Waals surface area contributed by atoms with Crippen molar-refractivity contribution in [2.24, 2.45) is 0 Å².